The maximum Gasteiger partial charge on any atom is 0.183 e. The number of benzene rings is 1. The summed E-state index contributed by atoms with van der Waals surface area (Å²) < 4.78 is 5.36. The van der Waals surface area contributed by atoms with E-state index in [1.54, 1.807) is 7.11 Å². The van der Waals surface area contributed by atoms with Crippen molar-refractivity contribution in [3.63, 3.8) is 0 Å². The number of Topliss-reactive ketones (excluding diaryl/α,β-unsaturated/α-hetero) is 1. The van der Waals surface area contributed by atoms with E-state index >= 15 is 0 Å². The number of rotatable bonds is 3. The predicted octanol–water partition coefficient (Wildman–Crippen LogP) is 2.25. The van der Waals surface area contributed by atoms with Gasteiger partial charge in [-0.3, -0.25) is 4.79 Å². The van der Waals surface area contributed by atoms with E-state index in [9.17, 15) is 4.79 Å². The van der Waals surface area contributed by atoms with Crippen LogP contribution in [0, 0.1) is 13.8 Å². The molecule has 1 aliphatic heterocycles. The Labute approximate surface area is 102 Å². The van der Waals surface area contributed by atoms with Gasteiger partial charge in [0.1, 0.15) is 5.75 Å². The third-order valence-electron chi connectivity index (χ3n) is 3.27. The summed E-state index contributed by atoms with van der Waals surface area (Å²) in [5.74, 6) is 0.875. The molecule has 0 aliphatic carbocycles. The van der Waals surface area contributed by atoms with Gasteiger partial charge in [0, 0.05) is 0 Å². The minimum absolute atomic E-state index is 0.0369. The fourth-order valence-electron chi connectivity index (χ4n) is 2.50. The zero-order valence-electron chi connectivity index (χ0n) is 10.7. The van der Waals surface area contributed by atoms with Crippen molar-refractivity contribution in [3.8, 4) is 5.75 Å². The fourth-order valence-corrected chi connectivity index (χ4v) is 2.50. The second-order valence-electron chi connectivity index (χ2n) is 4.68. The second-order valence-corrected chi connectivity index (χ2v) is 4.68. The average Bonchev–Trinajstić information content (AvgIpc) is 2.80. The molecule has 0 radical (unpaired) electrons. The number of nitrogens with one attached hydrogen (secondary N) is 1. The van der Waals surface area contributed by atoms with Crippen LogP contribution >= 0.6 is 0 Å². The smallest absolute Gasteiger partial charge is 0.183 e. The van der Waals surface area contributed by atoms with Gasteiger partial charge in [0.05, 0.1) is 18.7 Å². The summed E-state index contributed by atoms with van der Waals surface area (Å²) >= 11 is 0. The quantitative estimate of drug-likeness (QED) is 0.814. The molecule has 1 aromatic rings. The summed E-state index contributed by atoms with van der Waals surface area (Å²) in [6, 6.07) is 3.93. The topological polar surface area (TPSA) is 38.3 Å². The van der Waals surface area contributed by atoms with Crippen LogP contribution in [0.3, 0.4) is 0 Å². The molecule has 92 valence electrons. The zero-order chi connectivity index (χ0) is 12.4. The van der Waals surface area contributed by atoms with Crippen molar-refractivity contribution in [1.82, 2.24) is 5.32 Å². The molecule has 0 saturated carbocycles. The minimum atomic E-state index is -0.0369. The molecule has 1 atom stereocenters. The van der Waals surface area contributed by atoms with Crippen LogP contribution in [0.1, 0.15) is 34.3 Å². The van der Waals surface area contributed by atoms with Gasteiger partial charge >= 0.3 is 0 Å². The molecule has 1 saturated heterocycles. The van der Waals surface area contributed by atoms with Gasteiger partial charge in [-0.1, -0.05) is 6.07 Å². The minimum Gasteiger partial charge on any atom is -0.496 e. The number of hydrogen-bond donors (Lipinski definition) is 1. The fraction of sp³-hybridized carbons (Fsp3) is 0.500. The number of ketones is 1. The lowest BCUT2D eigenvalue weighted by Crippen LogP contribution is -2.31. The van der Waals surface area contributed by atoms with Gasteiger partial charge in [-0.05, 0) is 50.4 Å². The molecule has 0 spiro atoms. The first-order valence-corrected chi connectivity index (χ1v) is 6.06. The SMILES string of the molecule is COc1c(C)cc(C)cc1C(=O)C1CCCN1. The molecule has 1 unspecified atom stereocenters. The van der Waals surface area contributed by atoms with Gasteiger partial charge < -0.3 is 10.1 Å². The van der Waals surface area contributed by atoms with Crippen LogP contribution < -0.4 is 10.1 Å². The molecule has 0 aromatic heterocycles. The third-order valence-corrected chi connectivity index (χ3v) is 3.27. The molecule has 1 fully saturated rings. The monoisotopic (exact) mass is 233 g/mol. The first-order chi connectivity index (χ1) is 8.13. The molecule has 1 heterocycles. The first kappa shape index (κ1) is 12.1. The van der Waals surface area contributed by atoms with Gasteiger partial charge in [0.15, 0.2) is 5.78 Å². The first-order valence-electron chi connectivity index (χ1n) is 6.06. The highest BCUT2D eigenvalue weighted by Crippen LogP contribution is 2.27. The largest absolute Gasteiger partial charge is 0.496 e. The van der Waals surface area contributed by atoms with Crippen molar-refractivity contribution in [2.24, 2.45) is 0 Å². The van der Waals surface area contributed by atoms with Crippen molar-refractivity contribution >= 4 is 5.78 Å². The standard InChI is InChI=1S/C14H19NO2/c1-9-7-10(2)14(17-3)11(8-9)13(16)12-5-4-6-15-12/h7-8,12,15H,4-6H2,1-3H3. The number of methoxy groups -OCH3 is 1. The van der Waals surface area contributed by atoms with Crippen LogP contribution in [0.15, 0.2) is 12.1 Å². The molecule has 1 aliphatic rings. The van der Waals surface area contributed by atoms with E-state index in [4.69, 9.17) is 4.74 Å². The lowest BCUT2D eigenvalue weighted by molar-refractivity contribution is 0.0949. The number of carbonyl (C=O) groups is 1. The Bertz CT molecular complexity index is 434. The third kappa shape index (κ3) is 2.34. The summed E-state index contributed by atoms with van der Waals surface area (Å²) in [5, 5.41) is 3.24. The Morgan fingerprint density at radius 1 is 1.41 bits per heavy atom. The summed E-state index contributed by atoms with van der Waals surface area (Å²) in [4.78, 5) is 12.4. The molecule has 0 bridgehead atoms. The van der Waals surface area contributed by atoms with Crippen molar-refractivity contribution in [2.75, 3.05) is 13.7 Å². The van der Waals surface area contributed by atoms with E-state index in [0.29, 0.717) is 11.3 Å². The van der Waals surface area contributed by atoms with Gasteiger partial charge in [-0.15, -0.1) is 0 Å². The van der Waals surface area contributed by atoms with Crippen LogP contribution in [-0.2, 0) is 0 Å². The second kappa shape index (κ2) is 4.88. The average molecular weight is 233 g/mol. The van der Waals surface area contributed by atoms with Crippen molar-refractivity contribution in [1.29, 1.82) is 0 Å². The Hall–Kier alpha value is -1.35. The van der Waals surface area contributed by atoms with E-state index in [2.05, 4.69) is 5.32 Å². The summed E-state index contributed by atoms with van der Waals surface area (Å²) in [6.45, 7) is 4.92. The molecule has 1 N–H and O–H groups in total. The maximum absolute atomic E-state index is 12.4. The predicted molar refractivity (Wildman–Crippen MR) is 67.8 cm³/mol. The highest BCUT2D eigenvalue weighted by atomic mass is 16.5. The Morgan fingerprint density at radius 3 is 2.76 bits per heavy atom. The van der Waals surface area contributed by atoms with Gasteiger partial charge in [-0.25, -0.2) is 0 Å². The molecular weight excluding hydrogens is 214 g/mol. The van der Waals surface area contributed by atoms with Crippen molar-refractivity contribution in [3.05, 3.63) is 28.8 Å². The van der Waals surface area contributed by atoms with Gasteiger partial charge in [0.2, 0.25) is 0 Å². The number of aryl methyl sites for hydroxylation is 2. The van der Waals surface area contributed by atoms with Gasteiger partial charge in [0.25, 0.3) is 0 Å². The van der Waals surface area contributed by atoms with E-state index in [1.165, 1.54) is 0 Å². The highest BCUT2D eigenvalue weighted by Gasteiger charge is 2.26. The Balaban J connectivity index is 2.39. The van der Waals surface area contributed by atoms with Crippen LogP contribution in [0.4, 0.5) is 0 Å². The van der Waals surface area contributed by atoms with Gasteiger partial charge in [-0.2, -0.15) is 0 Å². The summed E-state index contributed by atoms with van der Waals surface area (Å²) in [7, 11) is 1.62. The molecule has 17 heavy (non-hydrogen) atoms. The van der Waals surface area contributed by atoms with Crippen molar-refractivity contribution in [2.45, 2.75) is 32.7 Å². The molecule has 3 nitrogen and oxygen atoms in total. The number of ether oxygens (including phenoxy) is 1. The summed E-state index contributed by atoms with van der Waals surface area (Å²) in [5.41, 5.74) is 2.84. The van der Waals surface area contributed by atoms with Crippen LogP contribution in [0.5, 0.6) is 5.75 Å². The van der Waals surface area contributed by atoms with E-state index in [0.717, 1.165) is 30.5 Å². The zero-order valence-corrected chi connectivity index (χ0v) is 10.7. The highest BCUT2D eigenvalue weighted by molar-refractivity contribution is 6.03. The Morgan fingerprint density at radius 2 is 2.18 bits per heavy atom. The molecule has 2 rings (SSSR count). The van der Waals surface area contributed by atoms with E-state index in [1.807, 2.05) is 26.0 Å². The molecule has 1 aromatic carbocycles. The number of hydrogen-bond acceptors (Lipinski definition) is 3. The van der Waals surface area contributed by atoms with E-state index in [-0.39, 0.29) is 11.8 Å². The molecule has 3 heteroatoms. The van der Waals surface area contributed by atoms with Crippen LogP contribution in [-0.4, -0.2) is 25.5 Å². The Kier molecular flexibility index (Phi) is 3.48. The lowest BCUT2D eigenvalue weighted by Gasteiger charge is -2.15. The van der Waals surface area contributed by atoms with Crippen LogP contribution in [0.2, 0.25) is 0 Å². The summed E-state index contributed by atoms with van der Waals surface area (Å²) in [6.07, 6.45) is 2.00. The van der Waals surface area contributed by atoms with Crippen LogP contribution in [0.25, 0.3) is 0 Å². The number of carbonyl (C=O) groups excluding carboxylic acids is 1. The lowest BCUT2D eigenvalue weighted by atomic mass is 9.97. The van der Waals surface area contributed by atoms with E-state index < -0.39 is 0 Å². The normalized spacial score (nSPS) is 19.4. The van der Waals surface area contributed by atoms with Crippen molar-refractivity contribution < 1.29 is 9.53 Å². The maximum atomic E-state index is 12.4. The molecule has 0 amide bonds. The molecular formula is C14H19NO2.